The molecule has 1 aromatic carbocycles. The predicted octanol–water partition coefficient (Wildman–Crippen LogP) is 3.63. The monoisotopic (exact) mass is 252 g/mol. The second-order valence-corrected chi connectivity index (χ2v) is 6.47. The fourth-order valence-corrected chi connectivity index (χ4v) is 4.22. The van der Waals surface area contributed by atoms with E-state index >= 15 is 0 Å². The van der Waals surface area contributed by atoms with Gasteiger partial charge >= 0.3 is 0 Å². The molecular formula is C13H16OS2. The molecule has 16 heavy (non-hydrogen) atoms. The van der Waals surface area contributed by atoms with Crippen molar-refractivity contribution in [3.8, 4) is 0 Å². The first-order valence-corrected chi connectivity index (χ1v) is 7.91. The van der Waals surface area contributed by atoms with Gasteiger partial charge in [-0.05, 0) is 37.3 Å². The van der Waals surface area contributed by atoms with Crippen LogP contribution in [0.5, 0.6) is 0 Å². The van der Waals surface area contributed by atoms with Gasteiger partial charge in [0.1, 0.15) is 4.08 Å². The van der Waals surface area contributed by atoms with E-state index < -0.39 is 0 Å². The van der Waals surface area contributed by atoms with Crippen LogP contribution in [-0.2, 0) is 6.42 Å². The highest BCUT2D eigenvalue weighted by Gasteiger charge is 2.39. The minimum absolute atomic E-state index is 0.257. The van der Waals surface area contributed by atoms with E-state index in [1.807, 2.05) is 30.7 Å². The lowest BCUT2D eigenvalue weighted by Crippen LogP contribution is -2.30. The maximum atomic E-state index is 12.6. The van der Waals surface area contributed by atoms with Crippen LogP contribution in [-0.4, -0.2) is 22.4 Å². The molecule has 0 heterocycles. The fraction of sp³-hybridized carbons (Fsp3) is 0.462. The van der Waals surface area contributed by atoms with Gasteiger partial charge in [0, 0.05) is 5.56 Å². The maximum absolute atomic E-state index is 12.6. The second-order valence-electron chi connectivity index (χ2n) is 4.00. The van der Waals surface area contributed by atoms with Gasteiger partial charge in [-0.1, -0.05) is 24.3 Å². The number of hydrogen-bond acceptors (Lipinski definition) is 3. The van der Waals surface area contributed by atoms with Crippen LogP contribution in [0, 0.1) is 0 Å². The molecule has 0 amide bonds. The molecule has 0 unspecified atom stereocenters. The van der Waals surface area contributed by atoms with Gasteiger partial charge in [-0.25, -0.2) is 0 Å². The third-order valence-corrected chi connectivity index (χ3v) is 6.32. The average Bonchev–Trinajstić information content (AvgIpc) is 2.48. The van der Waals surface area contributed by atoms with E-state index in [1.165, 1.54) is 5.56 Å². The van der Waals surface area contributed by atoms with Crippen molar-refractivity contribution in [2.24, 2.45) is 0 Å². The molecule has 0 radical (unpaired) electrons. The second kappa shape index (κ2) is 4.84. The molecule has 1 aromatic rings. The summed E-state index contributed by atoms with van der Waals surface area (Å²) in [5.41, 5.74) is 2.15. The zero-order valence-electron chi connectivity index (χ0n) is 9.66. The molecule has 0 saturated heterocycles. The van der Waals surface area contributed by atoms with Crippen LogP contribution in [0.25, 0.3) is 0 Å². The van der Waals surface area contributed by atoms with Crippen LogP contribution in [0.3, 0.4) is 0 Å². The molecule has 1 nitrogen and oxygen atoms in total. The smallest absolute Gasteiger partial charge is 0.189 e. The van der Waals surface area contributed by atoms with E-state index in [2.05, 4.69) is 6.07 Å². The Bertz CT molecular complexity index is 397. The normalized spacial score (nSPS) is 19.0. The Labute approximate surface area is 105 Å². The molecule has 0 bridgehead atoms. The lowest BCUT2D eigenvalue weighted by molar-refractivity contribution is 0.0977. The molecule has 86 valence electrons. The summed E-state index contributed by atoms with van der Waals surface area (Å²) in [5.74, 6) is 0.306. The summed E-state index contributed by atoms with van der Waals surface area (Å²) in [5, 5.41) is 0. The first kappa shape index (κ1) is 12.1. The molecule has 1 aliphatic rings. The van der Waals surface area contributed by atoms with Crippen molar-refractivity contribution < 1.29 is 4.79 Å². The third-order valence-electron chi connectivity index (χ3n) is 3.22. The SMILES string of the molecule is CSC1(SC)CCCc2ccccc2C1=O. The van der Waals surface area contributed by atoms with Gasteiger partial charge in [0.25, 0.3) is 0 Å². The number of Topliss-reactive ketones (excluding diaryl/α,β-unsaturated/α-hetero) is 1. The highest BCUT2D eigenvalue weighted by atomic mass is 32.2. The van der Waals surface area contributed by atoms with Crippen LogP contribution in [0.15, 0.2) is 24.3 Å². The Kier molecular flexibility index (Phi) is 3.65. The van der Waals surface area contributed by atoms with E-state index in [9.17, 15) is 4.79 Å². The Morgan fingerprint density at radius 1 is 1.19 bits per heavy atom. The summed E-state index contributed by atoms with van der Waals surface area (Å²) < 4.78 is -0.257. The van der Waals surface area contributed by atoms with Crippen LogP contribution in [0.1, 0.15) is 28.8 Å². The van der Waals surface area contributed by atoms with Crippen LogP contribution >= 0.6 is 23.5 Å². The van der Waals surface area contributed by atoms with Crippen molar-refractivity contribution in [1.82, 2.24) is 0 Å². The fourth-order valence-electron chi connectivity index (χ4n) is 2.26. The number of rotatable bonds is 2. The zero-order valence-corrected chi connectivity index (χ0v) is 11.3. The molecule has 0 aromatic heterocycles. The van der Waals surface area contributed by atoms with Crippen molar-refractivity contribution >= 4 is 29.3 Å². The van der Waals surface area contributed by atoms with Crippen molar-refractivity contribution in [3.05, 3.63) is 35.4 Å². The van der Waals surface area contributed by atoms with Gasteiger partial charge in [0.05, 0.1) is 0 Å². The standard InChI is InChI=1S/C13H16OS2/c1-15-13(16-2)9-5-7-10-6-3-4-8-11(10)12(13)14/h3-4,6,8H,5,7,9H2,1-2H3. The molecule has 3 heteroatoms. The van der Waals surface area contributed by atoms with E-state index in [-0.39, 0.29) is 4.08 Å². The lowest BCUT2D eigenvalue weighted by atomic mass is 10.0. The van der Waals surface area contributed by atoms with Gasteiger partial charge in [-0.3, -0.25) is 4.79 Å². The van der Waals surface area contributed by atoms with Gasteiger partial charge < -0.3 is 0 Å². The number of aryl methyl sites for hydroxylation is 1. The van der Waals surface area contributed by atoms with Crippen molar-refractivity contribution in [2.45, 2.75) is 23.3 Å². The number of benzene rings is 1. The lowest BCUT2D eigenvalue weighted by Gasteiger charge is -2.27. The highest BCUT2D eigenvalue weighted by Crippen LogP contribution is 2.43. The van der Waals surface area contributed by atoms with E-state index in [0.717, 1.165) is 24.8 Å². The zero-order chi connectivity index (χ0) is 11.6. The molecular weight excluding hydrogens is 236 g/mol. The predicted molar refractivity (Wildman–Crippen MR) is 73.5 cm³/mol. The van der Waals surface area contributed by atoms with E-state index in [1.54, 1.807) is 23.5 Å². The molecule has 0 spiro atoms. The quantitative estimate of drug-likeness (QED) is 0.591. The first-order valence-electron chi connectivity index (χ1n) is 5.46. The maximum Gasteiger partial charge on any atom is 0.189 e. The van der Waals surface area contributed by atoms with Crippen LogP contribution in [0.2, 0.25) is 0 Å². The number of thioether (sulfide) groups is 2. The Hall–Kier alpha value is -0.410. The minimum Gasteiger partial charge on any atom is -0.292 e. The topological polar surface area (TPSA) is 17.1 Å². The summed E-state index contributed by atoms with van der Waals surface area (Å²) in [4.78, 5) is 12.6. The van der Waals surface area contributed by atoms with Gasteiger partial charge in [-0.2, -0.15) is 0 Å². The summed E-state index contributed by atoms with van der Waals surface area (Å²) in [6.45, 7) is 0. The van der Waals surface area contributed by atoms with Crippen molar-refractivity contribution in [1.29, 1.82) is 0 Å². The van der Waals surface area contributed by atoms with Gasteiger partial charge in [0.15, 0.2) is 5.78 Å². The minimum atomic E-state index is -0.257. The first-order chi connectivity index (χ1) is 7.73. The Morgan fingerprint density at radius 3 is 2.56 bits per heavy atom. The van der Waals surface area contributed by atoms with Gasteiger partial charge in [0.2, 0.25) is 0 Å². The van der Waals surface area contributed by atoms with Crippen LogP contribution < -0.4 is 0 Å². The number of hydrogen-bond donors (Lipinski definition) is 0. The number of carbonyl (C=O) groups excluding carboxylic acids is 1. The average molecular weight is 252 g/mol. The molecule has 0 N–H and O–H groups in total. The summed E-state index contributed by atoms with van der Waals surface area (Å²) in [6.07, 6.45) is 7.20. The Balaban J connectivity index is 2.48. The largest absolute Gasteiger partial charge is 0.292 e. The number of fused-ring (bicyclic) bond motifs is 1. The van der Waals surface area contributed by atoms with E-state index in [0.29, 0.717) is 5.78 Å². The molecule has 2 rings (SSSR count). The number of ketones is 1. The van der Waals surface area contributed by atoms with Gasteiger partial charge in [-0.15, -0.1) is 23.5 Å². The third kappa shape index (κ3) is 1.91. The summed E-state index contributed by atoms with van der Waals surface area (Å²) in [6, 6.07) is 8.05. The molecule has 0 fully saturated rings. The summed E-state index contributed by atoms with van der Waals surface area (Å²) in [7, 11) is 0. The van der Waals surface area contributed by atoms with Crippen molar-refractivity contribution in [3.63, 3.8) is 0 Å². The summed E-state index contributed by atoms with van der Waals surface area (Å²) >= 11 is 3.38. The Morgan fingerprint density at radius 2 is 1.88 bits per heavy atom. The van der Waals surface area contributed by atoms with Crippen LogP contribution in [0.4, 0.5) is 0 Å². The molecule has 1 aliphatic carbocycles. The number of carbonyl (C=O) groups is 1. The highest BCUT2D eigenvalue weighted by molar-refractivity contribution is 8.18. The molecule has 0 aliphatic heterocycles. The molecule has 0 saturated carbocycles. The van der Waals surface area contributed by atoms with Crippen molar-refractivity contribution in [2.75, 3.05) is 12.5 Å². The molecule has 0 atom stereocenters. The van der Waals surface area contributed by atoms with E-state index in [4.69, 9.17) is 0 Å².